The van der Waals surface area contributed by atoms with Crippen LogP contribution in [-0.2, 0) is 10.3 Å². The van der Waals surface area contributed by atoms with Gasteiger partial charge in [0.25, 0.3) is 5.91 Å². The summed E-state index contributed by atoms with van der Waals surface area (Å²) in [5, 5.41) is 2.97. The minimum absolute atomic E-state index is 0.126. The maximum absolute atomic E-state index is 12.3. The second kappa shape index (κ2) is 7.79. The van der Waals surface area contributed by atoms with Gasteiger partial charge in [-0.1, -0.05) is 37.3 Å². The Morgan fingerprint density at radius 2 is 1.70 bits per heavy atom. The van der Waals surface area contributed by atoms with Crippen LogP contribution in [0, 0.1) is 0 Å². The third-order valence-corrected chi connectivity index (χ3v) is 4.15. The van der Waals surface area contributed by atoms with E-state index in [0.29, 0.717) is 12.1 Å². The summed E-state index contributed by atoms with van der Waals surface area (Å²) in [5.74, 6) is 0.601. The van der Waals surface area contributed by atoms with Crippen molar-refractivity contribution in [2.45, 2.75) is 18.9 Å². The van der Waals surface area contributed by atoms with Crippen LogP contribution in [0.15, 0.2) is 54.6 Å². The number of carbonyl (C=O) groups is 1. The van der Waals surface area contributed by atoms with Gasteiger partial charge in [0.15, 0.2) is 0 Å². The highest BCUT2D eigenvalue weighted by molar-refractivity contribution is 5.94. The first-order valence-electron chi connectivity index (χ1n) is 7.68. The third-order valence-electron chi connectivity index (χ3n) is 4.15. The van der Waals surface area contributed by atoms with Gasteiger partial charge in [-0.25, -0.2) is 0 Å². The first-order valence-corrected chi connectivity index (χ1v) is 7.68. The molecule has 0 heterocycles. The van der Waals surface area contributed by atoms with Gasteiger partial charge in [0.1, 0.15) is 11.4 Å². The van der Waals surface area contributed by atoms with Gasteiger partial charge >= 0.3 is 0 Å². The number of hydrogen-bond donors (Lipinski definition) is 1. The van der Waals surface area contributed by atoms with Crippen molar-refractivity contribution < 1.29 is 14.3 Å². The number of methoxy groups -OCH3 is 2. The van der Waals surface area contributed by atoms with E-state index in [2.05, 4.69) is 12.2 Å². The number of ether oxygens (including phenoxy) is 2. The molecule has 1 amide bonds. The zero-order valence-corrected chi connectivity index (χ0v) is 13.8. The Morgan fingerprint density at radius 1 is 1.04 bits per heavy atom. The maximum Gasteiger partial charge on any atom is 0.251 e. The first kappa shape index (κ1) is 17.0. The largest absolute Gasteiger partial charge is 0.497 e. The Morgan fingerprint density at radius 3 is 2.22 bits per heavy atom. The van der Waals surface area contributed by atoms with E-state index >= 15 is 0 Å². The summed E-state index contributed by atoms with van der Waals surface area (Å²) in [4.78, 5) is 12.3. The normalized spacial score (nSPS) is 13.2. The second-order valence-electron chi connectivity index (χ2n) is 5.33. The van der Waals surface area contributed by atoms with Crippen molar-refractivity contribution >= 4 is 5.91 Å². The summed E-state index contributed by atoms with van der Waals surface area (Å²) in [6.07, 6.45) is 0.760. The minimum Gasteiger partial charge on any atom is -0.497 e. The smallest absolute Gasteiger partial charge is 0.251 e. The predicted octanol–water partition coefficient (Wildman–Crippen LogP) is 3.38. The minimum atomic E-state index is -0.524. The molecule has 122 valence electrons. The van der Waals surface area contributed by atoms with Gasteiger partial charge in [0.2, 0.25) is 0 Å². The number of rotatable bonds is 7. The van der Waals surface area contributed by atoms with Crippen LogP contribution in [0.3, 0.4) is 0 Å². The van der Waals surface area contributed by atoms with E-state index in [9.17, 15) is 4.79 Å². The molecule has 2 rings (SSSR count). The van der Waals surface area contributed by atoms with Crippen molar-refractivity contribution in [3.8, 4) is 5.75 Å². The number of hydrogen-bond acceptors (Lipinski definition) is 3. The van der Waals surface area contributed by atoms with Crippen LogP contribution in [0.2, 0.25) is 0 Å². The van der Waals surface area contributed by atoms with Crippen LogP contribution in [0.1, 0.15) is 29.3 Å². The Bertz CT molecular complexity index is 619. The van der Waals surface area contributed by atoms with Gasteiger partial charge in [-0.15, -0.1) is 0 Å². The van der Waals surface area contributed by atoms with Crippen LogP contribution < -0.4 is 10.1 Å². The van der Waals surface area contributed by atoms with Gasteiger partial charge in [-0.3, -0.25) is 4.79 Å². The lowest BCUT2D eigenvalue weighted by Gasteiger charge is -2.32. The molecule has 2 aromatic carbocycles. The van der Waals surface area contributed by atoms with Crippen molar-refractivity contribution in [1.82, 2.24) is 5.32 Å². The van der Waals surface area contributed by atoms with E-state index in [1.54, 1.807) is 38.5 Å². The summed E-state index contributed by atoms with van der Waals surface area (Å²) in [5.41, 5.74) is 1.13. The lowest BCUT2D eigenvalue weighted by atomic mass is 9.90. The van der Waals surface area contributed by atoms with Crippen molar-refractivity contribution in [1.29, 1.82) is 0 Å². The van der Waals surface area contributed by atoms with Crippen molar-refractivity contribution in [2.75, 3.05) is 20.8 Å². The first-order chi connectivity index (χ1) is 11.1. The maximum atomic E-state index is 12.3. The molecule has 0 fully saturated rings. The van der Waals surface area contributed by atoms with Gasteiger partial charge in [-0.05, 0) is 36.2 Å². The summed E-state index contributed by atoms with van der Waals surface area (Å²) in [6, 6.07) is 17.0. The number of nitrogens with one attached hydrogen (secondary N) is 1. The summed E-state index contributed by atoms with van der Waals surface area (Å²) < 4.78 is 10.9. The molecule has 0 aliphatic carbocycles. The summed E-state index contributed by atoms with van der Waals surface area (Å²) in [6.45, 7) is 2.46. The molecule has 0 saturated heterocycles. The molecule has 4 heteroatoms. The van der Waals surface area contributed by atoms with Gasteiger partial charge in [-0.2, -0.15) is 0 Å². The van der Waals surface area contributed by atoms with E-state index in [0.717, 1.165) is 17.7 Å². The molecule has 1 N–H and O–H groups in total. The fraction of sp³-hybridized carbons (Fsp3) is 0.316. The van der Waals surface area contributed by atoms with Crippen LogP contribution in [-0.4, -0.2) is 26.7 Å². The molecule has 0 saturated carbocycles. The van der Waals surface area contributed by atoms with Crippen molar-refractivity contribution in [3.63, 3.8) is 0 Å². The predicted molar refractivity (Wildman–Crippen MR) is 90.7 cm³/mol. The molecule has 0 unspecified atom stereocenters. The quantitative estimate of drug-likeness (QED) is 0.852. The molecule has 0 aliphatic heterocycles. The molecule has 2 aromatic rings. The summed E-state index contributed by atoms with van der Waals surface area (Å²) >= 11 is 0. The van der Waals surface area contributed by atoms with Crippen LogP contribution in [0.4, 0.5) is 0 Å². The lowest BCUT2D eigenvalue weighted by Crippen LogP contribution is -2.41. The fourth-order valence-corrected chi connectivity index (χ4v) is 2.57. The van der Waals surface area contributed by atoms with Crippen LogP contribution >= 0.6 is 0 Å². The molecule has 23 heavy (non-hydrogen) atoms. The fourth-order valence-electron chi connectivity index (χ4n) is 2.57. The average Bonchev–Trinajstić information content (AvgIpc) is 2.63. The molecule has 0 spiro atoms. The molecule has 0 bridgehead atoms. The lowest BCUT2D eigenvalue weighted by molar-refractivity contribution is -0.0164. The molecular weight excluding hydrogens is 290 g/mol. The standard InChI is InChI=1S/C19H23NO3/c1-4-19(23-3,16-8-6-5-7-9-16)14-20-18(21)15-10-12-17(22-2)13-11-15/h5-13H,4,14H2,1-3H3,(H,20,21)/t19-/m1/s1. The van der Waals surface area contributed by atoms with Gasteiger partial charge in [0.05, 0.1) is 13.7 Å². The zero-order chi connectivity index (χ0) is 16.7. The molecule has 1 atom stereocenters. The van der Waals surface area contributed by atoms with E-state index in [-0.39, 0.29) is 5.91 Å². The molecule has 4 nitrogen and oxygen atoms in total. The van der Waals surface area contributed by atoms with Crippen LogP contribution in [0.25, 0.3) is 0 Å². The van der Waals surface area contributed by atoms with Crippen molar-refractivity contribution in [3.05, 3.63) is 65.7 Å². The van der Waals surface area contributed by atoms with E-state index < -0.39 is 5.60 Å². The third kappa shape index (κ3) is 3.90. The highest BCUT2D eigenvalue weighted by Gasteiger charge is 2.30. The average molecular weight is 313 g/mol. The SMILES string of the molecule is CC[C@](CNC(=O)c1ccc(OC)cc1)(OC)c1ccccc1. The van der Waals surface area contributed by atoms with Crippen LogP contribution in [0.5, 0.6) is 5.75 Å². The molecular formula is C19H23NO3. The Balaban J connectivity index is 2.10. The second-order valence-corrected chi connectivity index (χ2v) is 5.33. The number of benzene rings is 2. The van der Waals surface area contributed by atoms with E-state index in [1.165, 1.54) is 0 Å². The topological polar surface area (TPSA) is 47.6 Å². The van der Waals surface area contributed by atoms with Crippen molar-refractivity contribution in [2.24, 2.45) is 0 Å². The Labute approximate surface area is 137 Å². The highest BCUT2D eigenvalue weighted by Crippen LogP contribution is 2.28. The van der Waals surface area contributed by atoms with E-state index in [4.69, 9.17) is 9.47 Å². The monoisotopic (exact) mass is 313 g/mol. The van der Waals surface area contributed by atoms with Gasteiger partial charge in [0, 0.05) is 12.7 Å². The number of carbonyl (C=O) groups excluding carboxylic acids is 1. The Hall–Kier alpha value is -2.33. The highest BCUT2D eigenvalue weighted by atomic mass is 16.5. The Kier molecular flexibility index (Phi) is 5.77. The summed E-state index contributed by atoms with van der Waals surface area (Å²) in [7, 11) is 3.28. The molecule has 0 aliphatic rings. The zero-order valence-electron chi connectivity index (χ0n) is 13.8. The van der Waals surface area contributed by atoms with Gasteiger partial charge < -0.3 is 14.8 Å². The number of amides is 1. The van der Waals surface area contributed by atoms with E-state index in [1.807, 2.05) is 30.3 Å². The molecule has 0 aromatic heterocycles. The molecule has 0 radical (unpaired) electrons.